The molecule has 0 aliphatic carbocycles. The summed E-state index contributed by atoms with van der Waals surface area (Å²) in [7, 11) is 0. The zero-order valence-electron chi connectivity index (χ0n) is 8.91. The molecule has 0 fully saturated rings. The predicted octanol–water partition coefficient (Wildman–Crippen LogP) is 1.50. The molecular weight excluding hydrogens is 289 g/mol. The molecule has 17 heavy (non-hydrogen) atoms. The summed E-state index contributed by atoms with van der Waals surface area (Å²) < 4.78 is 0. The van der Waals surface area contributed by atoms with Gasteiger partial charge in [0.15, 0.2) is 0 Å². The maximum atomic E-state index is 10.5. The number of hydrogen-bond donors (Lipinski definition) is 1. The van der Waals surface area contributed by atoms with Crippen molar-refractivity contribution >= 4 is 26.6 Å². The predicted molar refractivity (Wildman–Crippen MR) is 62.8 cm³/mol. The van der Waals surface area contributed by atoms with Crippen molar-refractivity contribution in [2.24, 2.45) is 0 Å². The Hall–Kier alpha value is -1.83. The standard InChI is InChI=1S/C11H9NO4Se/c1-8(11(13)14)17-6-5-9-3-2-4-10(7-9)12(15)16/h2-4,7-8H,1H3,(H,13,14). The second kappa shape index (κ2) is 6.04. The van der Waals surface area contributed by atoms with Gasteiger partial charge in [-0.1, -0.05) is 0 Å². The van der Waals surface area contributed by atoms with E-state index in [2.05, 4.69) is 10.7 Å². The van der Waals surface area contributed by atoms with Crippen molar-refractivity contribution in [2.45, 2.75) is 11.7 Å². The quantitative estimate of drug-likeness (QED) is 0.397. The second-order valence-electron chi connectivity index (χ2n) is 3.13. The zero-order chi connectivity index (χ0) is 12.8. The molecule has 0 radical (unpaired) electrons. The van der Waals surface area contributed by atoms with Crippen LogP contribution in [0.5, 0.6) is 0 Å². The first-order chi connectivity index (χ1) is 8.00. The van der Waals surface area contributed by atoms with Gasteiger partial charge in [0.05, 0.1) is 0 Å². The molecule has 1 aromatic rings. The average Bonchev–Trinajstić information content (AvgIpc) is 2.29. The van der Waals surface area contributed by atoms with E-state index in [1.54, 1.807) is 19.1 Å². The molecule has 0 aromatic heterocycles. The molecule has 0 saturated carbocycles. The van der Waals surface area contributed by atoms with E-state index in [9.17, 15) is 14.9 Å². The van der Waals surface area contributed by atoms with E-state index in [1.165, 1.54) is 12.1 Å². The summed E-state index contributed by atoms with van der Waals surface area (Å²) in [6, 6.07) is 5.96. The second-order valence-corrected chi connectivity index (χ2v) is 5.54. The van der Waals surface area contributed by atoms with Crippen molar-refractivity contribution in [1.29, 1.82) is 0 Å². The van der Waals surface area contributed by atoms with Crippen LogP contribution in [0.15, 0.2) is 24.3 Å². The van der Waals surface area contributed by atoms with Gasteiger partial charge in [-0.25, -0.2) is 0 Å². The normalized spacial score (nSPS) is 11.1. The third-order valence-corrected chi connectivity index (χ3v) is 3.46. The summed E-state index contributed by atoms with van der Waals surface area (Å²) in [4.78, 5) is 22.8. The molecule has 6 heteroatoms. The molecule has 0 saturated heterocycles. The van der Waals surface area contributed by atoms with E-state index in [0.717, 1.165) is 0 Å². The summed E-state index contributed by atoms with van der Waals surface area (Å²) in [5.41, 5.74) is 0.509. The maximum absolute atomic E-state index is 10.5. The van der Waals surface area contributed by atoms with Gasteiger partial charge >= 0.3 is 104 Å². The van der Waals surface area contributed by atoms with Crippen molar-refractivity contribution in [3.8, 4) is 10.7 Å². The summed E-state index contributed by atoms with van der Waals surface area (Å²) in [5.74, 6) is 1.86. The first-order valence-corrected chi connectivity index (χ1v) is 6.49. The van der Waals surface area contributed by atoms with Gasteiger partial charge < -0.3 is 0 Å². The minimum atomic E-state index is -0.877. The number of aliphatic carboxylic acids is 1. The Morgan fingerprint density at radius 2 is 2.29 bits per heavy atom. The van der Waals surface area contributed by atoms with Crippen LogP contribution in [0.1, 0.15) is 12.5 Å². The molecule has 88 valence electrons. The molecule has 0 spiro atoms. The molecule has 0 amide bonds. The Morgan fingerprint density at radius 1 is 1.59 bits per heavy atom. The fourth-order valence-electron chi connectivity index (χ4n) is 0.924. The summed E-state index contributed by atoms with van der Waals surface area (Å²) in [5, 5.41) is 19.2. The van der Waals surface area contributed by atoms with Crippen LogP contribution >= 0.6 is 0 Å². The van der Waals surface area contributed by atoms with E-state index in [4.69, 9.17) is 5.11 Å². The van der Waals surface area contributed by atoms with E-state index >= 15 is 0 Å². The molecule has 1 aromatic carbocycles. The Labute approximate surface area is 104 Å². The fourth-order valence-corrected chi connectivity index (χ4v) is 1.88. The molecule has 0 aliphatic rings. The number of benzene rings is 1. The van der Waals surface area contributed by atoms with Crippen LogP contribution in [-0.2, 0) is 4.79 Å². The molecule has 5 nitrogen and oxygen atoms in total. The Balaban J connectivity index is 2.75. The first-order valence-electron chi connectivity index (χ1n) is 4.64. The Bertz CT molecular complexity index is 504. The van der Waals surface area contributed by atoms with Crippen molar-refractivity contribution < 1.29 is 14.8 Å². The summed E-state index contributed by atoms with van der Waals surface area (Å²) in [6.07, 6.45) is 0. The van der Waals surface area contributed by atoms with Crippen molar-refractivity contribution in [1.82, 2.24) is 0 Å². The van der Waals surface area contributed by atoms with Gasteiger partial charge in [0.1, 0.15) is 0 Å². The summed E-state index contributed by atoms with van der Waals surface area (Å²) >= 11 is -0.337. The summed E-state index contributed by atoms with van der Waals surface area (Å²) in [6.45, 7) is 1.59. The third kappa shape index (κ3) is 4.27. The molecule has 1 N–H and O–H groups in total. The number of non-ortho nitro benzene ring substituents is 1. The Morgan fingerprint density at radius 3 is 2.88 bits per heavy atom. The molecule has 1 rings (SSSR count). The van der Waals surface area contributed by atoms with Crippen molar-refractivity contribution in [2.75, 3.05) is 0 Å². The average molecular weight is 298 g/mol. The van der Waals surface area contributed by atoms with Crippen LogP contribution in [0.25, 0.3) is 0 Å². The van der Waals surface area contributed by atoms with Crippen LogP contribution in [0.3, 0.4) is 0 Å². The van der Waals surface area contributed by atoms with E-state index in [0.29, 0.717) is 5.56 Å². The van der Waals surface area contributed by atoms with Crippen LogP contribution in [-0.4, -0.2) is 31.0 Å². The number of nitro groups is 1. The number of carbonyl (C=O) groups is 1. The number of hydrogen-bond acceptors (Lipinski definition) is 3. The van der Waals surface area contributed by atoms with Gasteiger partial charge in [-0.05, 0) is 0 Å². The topological polar surface area (TPSA) is 80.4 Å². The van der Waals surface area contributed by atoms with Crippen molar-refractivity contribution in [3.05, 3.63) is 39.9 Å². The van der Waals surface area contributed by atoms with Crippen LogP contribution in [0.2, 0.25) is 4.82 Å². The zero-order valence-corrected chi connectivity index (χ0v) is 10.6. The SMILES string of the molecule is CC([Se]C#Cc1cccc([N+](=O)[O-])c1)C(=O)O. The molecule has 1 atom stereocenters. The van der Waals surface area contributed by atoms with Gasteiger partial charge in [0.2, 0.25) is 0 Å². The van der Waals surface area contributed by atoms with E-state index in [1.807, 2.05) is 0 Å². The van der Waals surface area contributed by atoms with Gasteiger partial charge in [-0.3, -0.25) is 0 Å². The number of nitrogens with zero attached hydrogens (tertiary/aromatic N) is 1. The molecule has 1 unspecified atom stereocenters. The molecule has 0 aliphatic heterocycles. The first kappa shape index (κ1) is 13.2. The van der Waals surface area contributed by atoms with Crippen molar-refractivity contribution in [3.63, 3.8) is 0 Å². The number of carboxylic acid groups (broad SMARTS) is 1. The number of rotatable bonds is 3. The Kier molecular flexibility index (Phi) is 4.70. The van der Waals surface area contributed by atoms with Crippen LogP contribution in [0.4, 0.5) is 5.69 Å². The molecule has 0 bridgehead atoms. The third-order valence-electron chi connectivity index (χ3n) is 1.84. The van der Waals surface area contributed by atoms with Gasteiger partial charge in [-0.15, -0.1) is 0 Å². The van der Waals surface area contributed by atoms with Crippen LogP contribution < -0.4 is 0 Å². The number of carboxylic acids is 1. The van der Waals surface area contributed by atoms with Gasteiger partial charge in [0.25, 0.3) is 0 Å². The minimum absolute atomic E-state index is 0.0180. The van der Waals surface area contributed by atoms with Crippen LogP contribution in [0, 0.1) is 20.9 Å². The monoisotopic (exact) mass is 299 g/mol. The van der Waals surface area contributed by atoms with Gasteiger partial charge in [0, 0.05) is 0 Å². The van der Waals surface area contributed by atoms with E-state index in [-0.39, 0.29) is 20.6 Å². The molecule has 0 heterocycles. The van der Waals surface area contributed by atoms with E-state index < -0.39 is 15.7 Å². The molecular formula is C11H9NO4Se. The van der Waals surface area contributed by atoms with Gasteiger partial charge in [-0.2, -0.15) is 0 Å². The number of nitro benzene ring substituents is 1. The fraction of sp³-hybridized carbons (Fsp3) is 0.182.